The van der Waals surface area contributed by atoms with Crippen molar-refractivity contribution < 1.29 is 4.39 Å². The summed E-state index contributed by atoms with van der Waals surface area (Å²) in [5.41, 5.74) is 3.59. The van der Waals surface area contributed by atoms with Crippen molar-refractivity contribution in [1.82, 2.24) is 0 Å². The van der Waals surface area contributed by atoms with Gasteiger partial charge < -0.3 is 0 Å². The zero-order chi connectivity index (χ0) is 14.6. The quantitative estimate of drug-likeness (QED) is 0.730. The van der Waals surface area contributed by atoms with E-state index in [1.165, 1.54) is 8.93 Å². The molecule has 20 heavy (non-hydrogen) atoms. The van der Waals surface area contributed by atoms with Gasteiger partial charge in [-0.25, -0.2) is 0 Å². The molecule has 0 aliphatic carbocycles. The van der Waals surface area contributed by atoms with Crippen LogP contribution in [0.2, 0.25) is 19.6 Å². The van der Waals surface area contributed by atoms with E-state index in [-0.39, 0.29) is 20.8 Å². The van der Waals surface area contributed by atoms with Crippen molar-refractivity contribution in [2.45, 2.75) is 19.6 Å². The molecule has 3 heteroatoms. The molecule has 0 nitrogen and oxygen atoms in total. The molecule has 0 saturated carbocycles. The fourth-order valence-corrected chi connectivity index (χ4v) is 7.08. The molecule has 0 N–H and O–H groups in total. The summed E-state index contributed by atoms with van der Waals surface area (Å²) in [5.74, 6) is -0.173. The van der Waals surface area contributed by atoms with Crippen molar-refractivity contribution in [3.63, 3.8) is 0 Å². The van der Waals surface area contributed by atoms with Crippen LogP contribution in [0.3, 0.4) is 0 Å². The Bertz CT molecular complexity index is 583. The summed E-state index contributed by atoms with van der Waals surface area (Å²) in [6, 6.07) is 17.4. The van der Waals surface area contributed by atoms with Crippen LogP contribution >= 0.6 is 0 Å². The molecule has 0 radical (unpaired) electrons. The van der Waals surface area contributed by atoms with Crippen LogP contribution in [0.4, 0.5) is 4.39 Å². The molecule has 0 bridgehead atoms. The molecule has 0 amide bonds. The summed E-state index contributed by atoms with van der Waals surface area (Å²) < 4.78 is 15.8. The predicted octanol–water partition coefficient (Wildman–Crippen LogP) is 4.07. The first-order valence-corrected chi connectivity index (χ1v) is 11.9. The minimum atomic E-state index is -1.31. The van der Waals surface area contributed by atoms with E-state index in [1.807, 2.05) is 18.2 Å². The molecular formula is C17H19FSeSi. The van der Waals surface area contributed by atoms with E-state index in [0.717, 1.165) is 5.56 Å². The maximum absolute atomic E-state index is 13.1. The van der Waals surface area contributed by atoms with E-state index in [9.17, 15) is 4.39 Å². The molecule has 0 atom stereocenters. The molecule has 0 spiro atoms. The first-order valence-electron chi connectivity index (χ1n) is 6.66. The third-order valence-corrected chi connectivity index (χ3v) is 6.56. The summed E-state index contributed by atoms with van der Waals surface area (Å²) >= 11 is 0.263. The summed E-state index contributed by atoms with van der Waals surface area (Å²) in [7, 11) is -1.31. The van der Waals surface area contributed by atoms with Gasteiger partial charge in [-0.15, -0.1) is 0 Å². The van der Waals surface area contributed by atoms with Crippen LogP contribution in [0.1, 0.15) is 5.56 Å². The van der Waals surface area contributed by atoms with E-state index < -0.39 is 8.07 Å². The second-order valence-corrected chi connectivity index (χ2v) is 13.2. The Morgan fingerprint density at radius 2 is 1.55 bits per heavy atom. The Morgan fingerprint density at radius 1 is 0.950 bits per heavy atom. The number of halogens is 1. The van der Waals surface area contributed by atoms with Crippen LogP contribution in [0.25, 0.3) is 4.47 Å². The van der Waals surface area contributed by atoms with Crippen LogP contribution in [0, 0.1) is 5.82 Å². The summed E-state index contributed by atoms with van der Waals surface area (Å²) in [4.78, 5) is 0. The molecule has 104 valence electrons. The Labute approximate surface area is 127 Å². The third-order valence-electron chi connectivity index (χ3n) is 2.66. The van der Waals surface area contributed by atoms with Crippen molar-refractivity contribution in [3.8, 4) is 0 Å². The average Bonchev–Trinajstić information content (AvgIpc) is 2.38. The van der Waals surface area contributed by atoms with E-state index >= 15 is 0 Å². The van der Waals surface area contributed by atoms with Gasteiger partial charge in [0, 0.05) is 0 Å². The molecule has 2 aromatic carbocycles. The molecule has 0 unspecified atom stereocenters. The Kier molecular flexibility index (Phi) is 4.98. The van der Waals surface area contributed by atoms with Crippen molar-refractivity contribution in [2.75, 3.05) is 0 Å². The zero-order valence-electron chi connectivity index (χ0n) is 12.1. The number of hydrogen-bond donors (Lipinski definition) is 0. The SMILES string of the molecule is C[Si](C)(C)/C=C(\[Se]c1ccccc1)c1ccc(F)cc1. The number of hydrogen-bond acceptors (Lipinski definition) is 0. The molecule has 2 aromatic rings. The van der Waals surface area contributed by atoms with Crippen molar-refractivity contribution >= 4 is 32.0 Å². The third kappa shape index (κ3) is 4.75. The fraction of sp³-hybridized carbons (Fsp3) is 0.176. The topological polar surface area (TPSA) is 0 Å². The van der Waals surface area contributed by atoms with Gasteiger partial charge in [0.2, 0.25) is 0 Å². The van der Waals surface area contributed by atoms with Crippen LogP contribution < -0.4 is 4.46 Å². The Morgan fingerprint density at radius 3 is 2.10 bits per heavy atom. The van der Waals surface area contributed by atoms with E-state index in [2.05, 4.69) is 49.6 Å². The normalized spacial score (nSPS) is 12.5. The van der Waals surface area contributed by atoms with Gasteiger partial charge in [0.15, 0.2) is 0 Å². The predicted molar refractivity (Wildman–Crippen MR) is 89.6 cm³/mol. The van der Waals surface area contributed by atoms with Gasteiger partial charge in [0.25, 0.3) is 0 Å². The van der Waals surface area contributed by atoms with E-state index in [1.54, 1.807) is 12.1 Å². The van der Waals surface area contributed by atoms with E-state index in [0.29, 0.717) is 0 Å². The molecule has 0 heterocycles. The van der Waals surface area contributed by atoms with Gasteiger partial charge in [0.05, 0.1) is 0 Å². The molecule has 0 aromatic heterocycles. The summed E-state index contributed by atoms with van der Waals surface area (Å²) in [6.07, 6.45) is 0. The monoisotopic (exact) mass is 350 g/mol. The molecule has 2 rings (SSSR count). The van der Waals surface area contributed by atoms with Gasteiger partial charge in [-0.05, 0) is 0 Å². The minimum absolute atomic E-state index is 0.173. The second-order valence-electron chi connectivity index (χ2n) is 5.80. The number of rotatable bonds is 4. The number of benzene rings is 2. The molecule has 0 saturated heterocycles. The van der Waals surface area contributed by atoms with Gasteiger partial charge in [-0.1, -0.05) is 0 Å². The van der Waals surface area contributed by atoms with Crippen LogP contribution in [0.15, 0.2) is 60.3 Å². The molecule has 0 fully saturated rings. The van der Waals surface area contributed by atoms with Crippen molar-refractivity contribution in [1.29, 1.82) is 0 Å². The average molecular weight is 349 g/mol. The molecular weight excluding hydrogens is 330 g/mol. The molecule has 0 aliphatic heterocycles. The van der Waals surface area contributed by atoms with Gasteiger partial charge in [0.1, 0.15) is 0 Å². The van der Waals surface area contributed by atoms with E-state index in [4.69, 9.17) is 0 Å². The van der Waals surface area contributed by atoms with Crippen LogP contribution in [-0.4, -0.2) is 23.0 Å². The summed E-state index contributed by atoms with van der Waals surface area (Å²) in [6.45, 7) is 6.99. The Balaban J connectivity index is 2.35. The van der Waals surface area contributed by atoms with Crippen molar-refractivity contribution in [2.24, 2.45) is 0 Å². The maximum atomic E-state index is 13.1. The van der Waals surface area contributed by atoms with Gasteiger partial charge >= 0.3 is 128 Å². The Hall–Kier alpha value is -1.15. The standard InChI is InChI=1S/C17H19FSeSi/c1-20(2,3)13-17(14-9-11-15(18)12-10-14)19-16-7-5-4-6-8-16/h4-13H,1-3H3/b17-13-. The van der Waals surface area contributed by atoms with Crippen LogP contribution in [0.5, 0.6) is 0 Å². The van der Waals surface area contributed by atoms with Gasteiger partial charge in [-0.3, -0.25) is 0 Å². The zero-order valence-corrected chi connectivity index (χ0v) is 14.8. The van der Waals surface area contributed by atoms with Gasteiger partial charge in [-0.2, -0.15) is 0 Å². The van der Waals surface area contributed by atoms with Crippen molar-refractivity contribution in [3.05, 3.63) is 71.7 Å². The first-order chi connectivity index (χ1) is 9.44. The fourth-order valence-electron chi connectivity index (χ4n) is 1.79. The van der Waals surface area contributed by atoms with Crippen LogP contribution in [-0.2, 0) is 0 Å². The second kappa shape index (κ2) is 6.53. The molecule has 0 aliphatic rings. The summed E-state index contributed by atoms with van der Waals surface area (Å²) in [5, 5.41) is 0. The first kappa shape index (κ1) is 15.2.